The molecular formula is C13H15N3O3S. The molecule has 20 heavy (non-hydrogen) atoms. The summed E-state index contributed by atoms with van der Waals surface area (Å²) in [6.45, 7) is 0.250. The van der Waals surface area contributed by atoms with E-state index in [1.807, 2.05) is 0 Å². The number of aromatic nitrogens is 2. The summed E-state index contributed by atoms with van der Waals surface area (Å²) < 4.78 is 26.6. The number of hydrogen-bond donors (Lipinski definition) is 2. The van der Waals surface area contributed by atoms with Gasteiger partial charge in [0.15, 0.2) is 5.03 Å². The molecule has 3 rings (SSSR count). The average Bonchev–Trinajstić information content (AvgIpc) is 3.08. The normalized spacial score (nSPS) is 15.7. The van der Waals surface area contributed by atoms with Gasteiger partial charge in [0.25, 0.3) is 10.0 Å². The van der Waals surface area contributed by atoms with Crippen molar-refractivity contribution in [2.75, 3.05) is 0 Å². The Morgan fingerprint density at radius 2 is 2.15 bits per heavy atom. The molecule has 1 heterocycles. The van der Waals surface area contributed by atoms with Gasteiger partial charge < -0.3 is 5.11 Å². The zero-order valence-electron chi connectivity index (χ0n) is 10.7. The second-order valence-electron chi connectivity index (χ2n) is 4.87. The third kappa shape index (κ3) is 2.54. The van der Waals surface area contributed by atoms with Gasteiger partial charge in [-0.2, -0.15) is 9.40 Å². The van der Waals surface area contributed by atoms with E-state index in [9.17, 15) is 13.5 Å². The van der Waals surface area contributed by atoms with Crippen molar-refractivity contribution in [2.45, 2.75) is 30.5 Å². The molecule has 7 heteroatoms. The predicted molar refractivity (Wildman–Crippen MR) is 72.4 cm³/mol. The summed E-state index contributed by atoms with van der Waals surface area (Å²) in [6, 6.07) is 8.14. The van der Waals surface area contributed by atoms with Gasteiger partial charge in [-0.1, -0.05) is 12.1 Å². The highest BCUT2D eigenvalue weighted by atomic mass is 32.2. The molecule has 1 fully saturated rings. The first-order valence-corrected chi connectivity index (χ1v) is 7.80. The smallest absolute Gasteiger partial charge is 0.260 e. The number of H-pyrrole nitrogens is 1. The average molecular weight is 293 g/mol. The van der Waals surface area contributed by atoms with Crippen LogP contribution in [0.25, 0.3) is 0 Å². The molecule has 1 saturated carbocycles. The zero-order valence-corrected chi connectivity index (χ0v) is 11.5. The molecule has 2 N–H and O–H groups in total. The van der Waals surface area contributed by atoms with E-state index in [1.54, 1.807) is 24.3 Å². The molecule has 0 spiro atoms. The fourth-order valence-corrected chi connectivity index (χ4v) is 3.70. The molecule has 1 aromatic heterocycles. The van der Waals surface area contributed by atoms with E-state index in [-0.39, 0.29) is 23.4 Å². The molecular weight excluding hydrogens is 278 g/mol. The van der Waals surface area contributed by atoms with Crippen molar-refractivity contribution in [2.24, 2.45) is 0 Å². The van der Waals surface area contributed by atoms with Crippen LogP contribution in [0.3, 0.4) is 0 Å². The number of aromatic hydroxyl groups is 1. The van der Waals surface area contributed by atoms with Crippen LogP contribution < -0.4 is 0 Å². The number of nitrogens with one attached hydrogen (secondary N) is 1. The van der Waals surface area contributed by atoms with E-state index in [0.717, 1.165) is 18.4 Å². The van der Waals surface area contributed by atoms with Crippen LogP contribution in [0.4, 0.5) is 0 Å². The van der Waals surface area contributed by atoms with Crippen molar-refractivity contribution in [1.82, 2.24) is 14.5 Å². The van der Waals surface area contributed by atoms with Gasteiger partial charge in [-0.3, -0.25) is 5.10 Å². The number of sulfonamides is 1. The molecule has 0 amide bonds. The molecule has 0 saturated heterocycles. The van der Waals surface area contributed by atoms with Gasteiger partial charge in [0.1, 0.15) is 5.75 Å². The monoisotopic (exact) mass is 293 g/mol. The first-order valence-electron chi connectivity index (χ1n) is 6.36. The van der Waals surface area contributed by atoms with E-state index >= 15 is 0 Å². The summed E-state index contributed by atoms with van der Waals surface area (Å²) >= 11 is 0. The van der Waals surface area contributed by atoms with Crippen LogP contribution in [0.15, 0.2) is 41.6 Å². The summed E-state index contributed by atoms with van der Waals surface area (Å²) in [5.74, 6) is 0.136. The van der Waals surface area contributed by atoms with Gasteiger partial charge in [0, 0.05) is 12.6 Å². The predicted octanol–water partition coefficient (Wildman–Crippen LogP) is 1.47. The summed E-state index contributed by atoms with van der Waals surface area (Å²) in [6.07, 6.45) is 3.16. The highest BCUT2D eigenvalue weighted by molar-refractivity contribution is 7.89. The van der Waals surface area contributed by atoms with Crippen LogP contribution in [-0.2, 0) is 16.6 Å². The molecule has 0 bridgehead atoms. The van der Waals surface area contributed by atoms with Crippen LogP contribution in [0.2, 0.25) is 0 Å². The van der Waals surface area contributed by atoms with Crippen molar-refractivity contribution in [3.8, 4) is 5.75 Å². The Labute approximate surface area is 117 Å². The Balaban J connectivity index is 1.90. The fourth-order valence-electron chi connectivity index (χ4n) is 2.12. The van der Waals surface area contributed by atoms with E-state index in [0.29, 0.717) is 0 Å². The lowest BCUT2D eigenvalue weighted by Gasteiger charge is -2.21. The highest BCUT2D eigenvalue weighted by Crippen LogP contribution is 2.33. The molecule has 1 aromatic carbocycles. The first-order chi connectivity index (χ1) is 9.57. The van der Waals surface area contributed by atoms with Crippen molar-refractivity contribution in [1.29, 1.82) is 0 Å². The number of phenols is 1. The molecule has 0 unspecified atom stereocenters. The number of hydrogen-bond acceptors (Lipinski definition) is 4. The second-order valence-corrected chi connectivity index (χ2v) is 6.73. The third-order valence-corrected chi connectivity index (χ3v) is 5.09. The van der Waals surface area contributed by atoms with Gasteiger partial charge >= 0.3 is 0 Å². The highest BCUT2D eigenvalue weighted by Gasteiger charge is 2.38. The third-order valence-electron chi connectivity index (χ3n) is 3.26. The molecule has 0 atom stereocenters. The SMILES string of the molecule is O=S(=O)(c1ccn[nH]1)N(Cc1cccc(O)c1)C1CC1. The van der Waals surface area contributed by atoms with E-state index < -0.39 is 10.0 Å². The van der Waals surface area contributed by atoms with E-state index in [2.05, 4.69) is 10.2 Å². The fraction of sp³-hybridized carbons (Fsp3) is 0.308. The van der Waals surface area contributed by atoms with Gasteiger partial charge in [-0.25, -0.2) is 8.42 Å². The molecule has 106 valence electrons. The van der Waals surface area contributed by atoms with E-state index in [1.165, 1.54) is 16.6 Å². The summed E-state index contributed by atoms with van der Waals surface area (Å²) in [5.41, 5.74) is 0.764. The van der Waals surface area contributed by atoms with Crippen LogP contribution in [0, 0.1) is 0 Å². The number of benzene rings is 1. The molecule has 1 aliphatic carbocycles. The summed E-state index contributed by atoms with van der Waals surface area (Å²) in [5, 5.41) is 15.8. The van der Waals surface area contributed by atoms with Crippen LogP contribution in [0.5, 0.6) is 5.75 Å². The lowest BCUT2D eigenvalue weighted by atomic mass is 10.2. The van der Waals surface area contributed by atoms with Crippen LogP contribution >= 0.6 is 0 Å². The largest absolute Gasteiger partial charge is 0.508 e. The Bertz CT molecular complexity index is 693. The summed E-state index contributed by atoms with van der Waals surface area (Å²) in [7, 11) is -3.57. The minimum atomic E-state index is -3.57. The van der Waals surface area contributed by atoms with Gasteiger partial charge in [-0.15, -0.1) is 0 Å². The summed E-state index contributed by atoms with van der Waals surface area (Å²) in [4.78, 5) is 0. The molecule has 0 radical (unpaired) electrons. The maximum absolute atomic E-state index is 12.6. The lowest BCUT2D eigenvalue weighted by molar-refractivity contribution is 0.395. The molecule has 2 aromatic rings. The Hall–Kier alpha value is -1.86. The van der Waals surface area contributed by atoms with Crippen molar-refractivity contribution in [3.63, 3.8) is 0 Å². The number of aromatic amines is 1. The van der Waals surface area contributed by atoms with Gasteiger partial charge in [-0.05, 0) is 36.6 Å². The first kappa shape index (κ1) is 13.1. The topological polar surface area (TPSA) is 86.3 Å². The van der Waals surface area contributed by atoms with Crippen LogP contribution in [0.1, 0.15) is 18.4 Å². The molecule has 6 nitrogen and oxygen atoms in total. The number of phenolic OH excluding ortho intramolecular Hbond substituents is 1. The zero-order chi connectivity index (χ0) is 14.2. The standard InChI is InChI=1S/C13H15N3O3S/c17-12-3-1-2-10(8-12)9-16(11-4-5-11)20(18,19)13-6-7-14-15-13/h1-3,6-8,11,17H,4-5,9H2,(H,14,15). The van der Waals surface area contributed by atoms with E-state index in [4.69, 9.17) is 0 Å². The molecule has 0 aliphatic heterocycles. The number of rotatable bonds is 5. The quantitative estimate of drug-likeness (QED) is 0.874. The van der Waals surface area contributed by atoms with Gasteiger partial charge in [0.05, 0.1) is 6.20 Å². The van der Waals surface area contributed by atoms with Crippen LogP contribution in [-0.4, -0.2) is 34.1 Å². The Morgan fingerprint density at radius 3 is 2.75 bits per heavy atom. The Morgan fingerprint density at radius 1 is 1.35 bits per heavy atom. The minimum Gasteiger partial charge on any atom is -0.508 e. The second kappa shape index (κ2) is 4.92. The maximum atomic E-state index is 12.6. The number of nitrogens with zero attached hydrogens (tertiary/aromatic N) is 2. The maximum Gasteiger partial charge on any atom is 0.260 e. The molecule has 1 aliphatic rings. The lowest BCUT2D eigenvalue weighted by Crippen LogP contribution is -2.32. The van der Waals surface area contributed by atoms with Crippen molar-refractivity contribution >= 4 is 10.0 Å². The van der Waals surface area contributed by atoms with Crippen molar-refractivity contribution in [3.05, 3.63) is 42.1 Å². The van der Waals surface area contributed by atoms with Crippen molar-refractivity contribution < 1.29 is 13.5 Å². The Kier molecular flexibility index (Phi) is 3.23. The van der Waals surface area contributed by atoms with Gasteiger partial charge in [0.2, 0.25) is 0 Å². The minimum absolute atomic E-state index is 0.0330.